The van der Waals surface area contributed by atoms with Crippen LogP contribution in [0.2, 0.25) is 0 Å². The van der Waals surface area contributed by atoms with Gasteiger partial charge in [0.2, 0.25) is 0 Å². The molecule has 0 N–H and O–H groups in total. The molecule has 0 saturated carbocycles. The second-order valence-corrected chi connectivity index (χ2v) is 4.53. The predicted octanol–water partition coefficient (Wildman–Crippen LogP) is 2.89. The molecule has 0 amide bonds. The first-order valence-electron chi connectivity index (χ1n) is 6.55. The van der Waals surface area contributed by atoms with Crippen LogP contribution in [-0.4, -0.2) is 28.4 Å². The van der Waals surface area contributed by atoms with E-state index in [4.69, 9.17) is 4.74 Å². The van der Waals surface area contributed by atoms with Gasteiger partial charge in [0.1, 0.15) is 22.9 Å². The molecule has 0 saturated heterocycles. The molecule has 0 spiro atoms. The van der Waals surface area contributed by atoms with Gasteiger partial charge in [-0.05, 0) is 36.4 Å². The Morgan fingerprint density at radius 3 is 2.55 bits per heavy atom. The van der Waals surface area contributed by atoms with Crippen LogP contribution in [0.1, 0.15) is 10.5 Å². The monoisotopic (exact) mass is 297 g/mol. The van der Waals surface area contributed by atoms with Crippen LogP contribution in [0.25, 0.3) is 16.9 Å². The zero-order chi connectivity index (χ0) is 15.5. The molecule has 1 aromatic heterocycles. The second kappa shape index (κ2) is 5.77. The molecule has 6 heteroatoms. The molecule has 0 unspecified atom stereocenters. The number of carbonyl (C=O) groups is 1. The van der Waals surface area contributed by atoms with Crippen LogP contribution >= 0.6 is 0 Å². The number of methoxy groups -OCH3 is 1. The molecule has 5 nitrogen and oxygen atoms in total. The van der Waals surface area contributed by atoms with E-state index in [-0.39, 0.29) is 11.5 Å². The van der Waals surface area contributed by atoms with E-state index in [1.165, 1.54) is 16.8 Å². The van der Waals surface area contributed by atoms with Crippen molar-refractivity contribution in [1.29, 1.82) is 0 Å². The lowest BCUT2D eigenvalue weighted by atomic mass is 10.1. The Balaban J connectivity index is 2.23. The van der Waals surface area contributed by atoms with Crippen LogP contribution in [0.15, 0.2) is 48.5 Å². The summed E-state index contributed by atoms with van der Waals surface area (Å²) in [6.45, 7) is 0. The SMILES string of the molecule is COc1ccccc1-n1nnc(C=O)c1-c1ccc(F)cc1. The average molecular weight is 297 g/mol. The van der Waals surface area contributed by atoms with Crippen molar-refractivity contribution in [2.75, 3.05) is 7.11 Å². The van der Waals surface area contributed by atoms with Gasteiger partial charge in [-0.25, -0.2) is 9.07 Å². The summed E-state index contributed by atoms with van der Waals surface area (Å²) >= 11 is 0. The first kappa shape index (κ1) is 13.9. The van der Waals surface area contributed by atoms with Crippen molar-refractivity contribution in [2.45, 2.75) is 0 Å². The van der Waals surface area contributed by atoms with E-state index in [1.807, 2.05) is 12.1 Å². The summed E-state index contributed by atoms with van der Waals surface area (Å²) in [7, 11) is 1.55. The van der Waals surface area contributed by atoms with Gasteiger partial charge in [0.25, 0.3) is 0 Å². The summed E-state index contributed by atoms with van der Waals surface area (Å²) in [5.41, 5.74) is 1.95. The zero-order valence-corrected chi connectivity index (χ0v) is 11.7. The number of rotatable bonds is 4. The number of ether oxygens (including phenoxy) is 1. The molecular weight excluding hydrogens is 285 g/mol. The molecular formula is C16H12FN3O2. The number of aldehydes is 1. The normalized spacial score (nSPS) is 10.5. The maximum absolute atomic E-state index is 13.1. The van der Waals surface area contributed by atoms with Gasteiger partial charge in [0.15, 0.2) is 12.0 Å². The molecule has 2 aromatic carbocycles. The van der Waals surface area contributed by atoms with Crippen LogP contribution in [0.4, 0.5) is 4.39 Å². The summed E-state index contributed by atoms with van der Waals surface area (Å²) in [5.74, 6) is 0.237. The number of benzene rings is 2. The summed E-state index contributed by atoms with van der Waals surface area (Å²) < 4.78 is 20.0. The quantitative estimate of drug-likeness (QED) is 0.695. The third kappa shape index (κ3) is 2.35. The van der Waals surface area contributed by atoms with E-state index in [2.05, 4.69) is 10.3 Å². The lowest BCUT2D eigenvalue weighted by Crippen LogP contribution is -2.02. The van der Waals surface area contributed by atoms with Crippen LogP contribution in [-0.2, 0) is 0 Å². The van der Waals surface area contributed by atoms with E-state index < -0.39 is 0 Å². The first-order valence-corrected chi connectivity index (χ1v) is 6.55. The minimum absolute atomic E-state index is 0.178. The van der Waals surface area contributed by atoms with Crippen molar-refractivity contribution in [1.82, 2.24) is 15.0 Å². The molecule has 0 radical (unpaired) electrons. The number of hydrogen-bond acceptors (Lipinski definition) is 4. The van der Waals surface area contributed by atoms with Crippen molar-refractivity contribution >= 4 is 6.29 Å². The lowest BCUT2D eigenvalue weighted by Gasteiger charge is -2.11. The smallest absolute Gasteiger partial charge is 0.172 e. The minimum Gasteiger partial charge on any atom is -0.494 e. The molecule has 0 aliphatic heterocycles. The summed E-state index contributed by atoms with van der Waals surface area (Å²) in [4.78, 5) is 11.2. The van der Waals surface area contributed by atoms with Crippen molar-refractivity contribution in [3.63, 3.8) is 0 Å². The van der Waals surface area contributed by atoms with E-state index in [1.54, 1.807) is 31.4 Å². The summed E-state index contributed by atoms with van der Waals surface area (Å²) in [5, 5.41) is 7.91. The molecule has 22 heavy (non-hydrogen) atoms. The van der Waals surface area contributed by atoms with Gasteiger partial charge in [-0.15, -0.1) is 5.10 Å². The first-order chi connectivity index (χ1) is 10.7. The Bertz CT molecular complexity index is 813. The van der Waals surface area contributed by atoms with Crippen molar-refractivity contribution < 1.29 is 13.9 Å². The molecule has 0 bridgehead atoms. The highest BCUT2D eigenvalue weighted by molar-refractivity contribution is 5.84. The number of halogens is 1. The van der Waals surface area contributed by atoms with Gasteiger partial charge in [-0.3, -0.25) is 4.79 Å². The summed E-state index contributed by atoms with van der Waals surface area (Å²) in [6, 6.07) is 13.0. The van der Waals surface area contributed by atoms with Crippen molar-refractivity contribution in [3.05, 3.63) is 60.0 Å². The number of nitrogens with zero attached hydrogens (tertiary/aromatic N) is 3. The van der Waals surface area contributed by atoms with Gasteiger partial charge < -0.3 is 4.74 Å². The predicted molar refractivity (Wildman–Crippen MR) is 78.7 cm³/mol. The van der Waals surface area contributed by atoms with Crippen LogP contribution in [0, 0.1) is 5.82 Å². The van der Waals surface area contributed by atoms with E-state index >= 15 is 0 Å². The number of hydrogen-bond donors (Lipinski definition) is 0. The Morgan fingerprint density at radius 2 is 1.86 bits per heavy atom. The van der Waals surface area contributed by atoms with Gasteiger partial charge in [0, 0.05) is 5.56 Å². The van der Waals surface area contributed by atoms with Crippen LogP contribution in [0.3, 0.4) is 0 Å². The maximum Gasteiger partial charge on any atom is 0.172 e. The molecule has 0 aliphatic carbocycles. The van der Waals surface area contributed by atoms with Gasteiger partial charge in [-0.1, -0.05) is 17.3 Å². The van der Waals surface area contributed by atoms with Gasteiger partial charge in [0.05, 0.1) is 7.11 Å². The molecule has 3 rings (SSSR count). The van der Waals surface area contributed by atoms with Crippen LogP contribution < -0.4 is 4.74 Å². The standard InChI is InChI=1S/C16H12FN3O2/c1-22-15-5-3-2-4-14(15)20-16(13(10-21)18-19-20)11-6-8-12(17)9-7-11/h2-10H,1H3. The fourth-order valence-electron chi connectivity index (χ4n) is 2.22. The van der Waals surface area contributed by atoms with E-state index in [0.717, 1.165) is 0 Å². The fraction of sp³-hybridized carbons (Fsp3) is 0.0625. The van der Waals surface area contributed by atoms with E-state index in [9.17, 15) is 9.18 Å². The highest BCUT2D eigenvalue weighted by atomic mass is 19.1. The van der Waals surface area contributed by atoms with E-state index in [0.29, 0.717) is 29.0 Å². The van der Waals surface area contributed by atoms with Crippen molar-refractivity contribution in [2.24, 2.45) is 0 Å². The lowest BCUT2D eigenvalue weighted by molar-refractivity contribution is 0.111. The summed E-state index contributed by atoms with van der Waals surface area (Å²) in [6.07, 6.45) is 0.623. The topological polar surface area (TPSA) is 57.0 Å². The highest BCUT2D eigenvalue weighted by Crippen LogP contribution is 2.29. The fourth-order valence-corrected chi connectivity index (χ4v) is 2.22. The second-order valence-electron chi connectivity index (χ2n) is 4.53. The number of carbonyl (C=O) groups excluding carboxylic acids is 1. The van der Waals surface area contributed by atoms with Gasteiger partial charge in [-0.2, -0.15) is 0 Å². The largest absolute Gasteiger partial charge is 0.494 e. The number of aromatic nitrogens is 3. The third-order valence-electron chi connectivity index (χ3n) is 3.24. The average Bonchev–Trinajstić information content (AvgIpc) is 2.99. The molecule has 0 aliphatic rings. The Labute approximate surface area is 126 Å². The molecule has 3 aromatic rings. The molecule has 0 atom stereocenters. The molecule has 0 fully saturated rings. The Morgan fingerprint density at radius 1 is 1.14 bits per heavy atom. The third-order valence-corrected chi connectivity index (χ3v) is 3.24. The maximum atomic E-state index is 13.1. The molecule has 110 valence electrons. The number of para-hydroxylation sites is 2. The molecule has 1 heterocycles. The van der Waals surface area contributed by atoms with Gasteiger partial charge >= 0.3 is 0 Å². The van der Waals surface area contributed by atoms with Crippen LogP contribution in [0.5, 0.6) is 5.75 Å². The Kier molecular flexibility index (Phi) is 3.65. The zero-order valence-electron chi connectivity index (χ0n) is 11.7. The minimum atomic E-state index is -0.354. The van der Waals surface area contributed by atoms with Crippen molar-refractivity contribution in [3.8, 4) is 22.7 Å². The Hall–Kier alpha value is -3.02. The highest BCUT2D eigenvalue weighted by Gasteiger charge is 2.18.